The molecule has 0 spiro atoms. The fraction of sp³-hybridized carbons (Fsp3) is 0.368. The third kappa shape index (κ3) is 4.47. The third-order valence-electron chi connectivity index (χ3n) is 4.50. The first-order valence-electron chi connectivity index (χ1n) is 8.77. The van der Waals surface area contributed by atoms with E-state index in [0.29, 0.717) is 0 Å². The number of hydrogen-bond acceptors (Lipinski definition) is 6. The summed E-state index contributed by atoms with van der Waals surface area (Å²) in [4.78, 5) is 21.5. The molecular formula is C19H24N4O2S. The van der Waals surface area contributed by atoms with Crippen molar-refractivity contribution in [3.8, 4) is 0 Å². The average Bonchev–Trinajstić information content (AvgIpc) is 2.66. The van der Waals surface area contributed by atoms with Crippen LogP contribution in [0.5, 0.6) is 0 Å². The molecule has 1 aromatic heterocycles. The lowest BCUT2D eigenvalue weighted by atomic mass is 10.2. The molecule has 0 amide bonds. The van der Waals surface area contributed by atoms with Gasteiger partial charge in [-0.15, -0.1) is 0 Å². The summed E-state index contributed by atoms with van der Waals surface area (Å²) in [5.74, 6) is -0.158. The molecule has 6 nitrogen and oxygen atoms in total. The zero-order valence-electron chi connectivity index (χ0n) is 15.1. The van der Waals surface area contributed by atoms with E-state index in [1.807, 2.05) is 12.1 Å². The van der Waals surface area contributed by atoms with Crippen LogP contribution in [0.25, 0.3) is 0 Å². The molecule has 1 fully saturated rings. The smallest absolute Gasteiger partial charge is 0.337 e. The fourth-order valence-electron chi connectivity index (χ4n) is 2.97. The number of piperazine rings is 1. The largest absolute Gasteiger partial charge is 0.478 e. The van der Waals surface area contributed by atoms with Crippen molar-refractivity contribution in [3.63, 3.8) is 0 Å². The molecule has 0 unspecified atom stereocenters. The molecule has 26 heavy (non-hydrogen) atoms. The molecule has 1 aliphatic heterocycles. The van der Waals surface area contributed by atoms with Gasteiger partial charge < -0.3 is 19.6 Å². The Bertz CT molecular complexity index is 776. The van der Waals surface area contributed by atoms with Gasteiger partial charge in [-0.1, -0.05) is 19.1 Å². The number of nitrogens with one attached hydrogen (secondary N) is 1. The molecule has 1 aliphatic rings. The van der Waals surface area contributed by atoms with Crippen LogP contribution in [0.2, 0.25) is 0 Å². The normalized spacial score (nSPS) is 15.1. The highest BCUT2D eigenvalue weighted by Gasteiger charge is 2.20. The molecule has 0 saturated carbocycles. The van der Waals surface area contributed by atoms with Gasteiger partial charge in [-0.3, -0.25) is 0 Å². The zero-order valence-corrected chi connectivity index (χ0v) is 15.9. The first-order valence-corrected chi connectivity index (χ1v) is 9.58. The average molecular weight is 372 g/mol. The minimum Gasteiger partial charge on any atom is -0.478 e. The number of nitrogens with zero attached hydrogens (tertiary/aromatic N) is 3. The number of pyridine rings is 1. The van der Waals surface area contributed by atoms with Crippen LogP contribution < -0.4 is 9.62 Å². The van der Waals surface area contributed by atoms with Crippen LogP contribution >= 0.6 is 11.9 Å². The lowest BCUT2D eigenvalue weighted by molar-refractivity contribution is 0.0696. The molecule has 7 heteroatoms. The minimum atomic E-state index is -0.969. The van der Waals surface area contributed by atoms with Crippen molar-refractivity contribution in [2.24, 2.45) is 0 Å². The van der Waals surface area contributed by atoms with Crippen LogP contribution in [0, 0.1) is 6.92 Å². The second-order valence-electron chi connectivity index (χ2n) is 6.34. The van der Waals surface area contributed by atoms with Gasteiger partial charge in [-0.2, -0.15) is 0 Å². The Kier molecular flexibility index (Phi) is 6.00. The number of rotatable bonds is 6. The predicted octanol–water partition coefficient (Wildman–Crippen LogP) is 3.35. The number of likely N-dealkylation sites (N-methyl/N-ethyl adjacent to an activating group) is 1. The van der Waals surface area contributed by atoms with E-state index in [2.05, 4.69) is 45.5 Å². The molecule has 0 atom stereocenters. The van der Waals surface area contributed by atoms with Crippen LogP contribution in [0.1, 0.15) is 22.8 Å². The Morgan fingerprint density at radius 3 is 2.69 bits per heavy atom. The minimum absolute atomic E-state index is 0.188. The number of anilines is 2. The molecule has 1 saturated heterocycles. The van der Waals surface area contributed by atoms with Crippen molar-refractivity contribution in [3.05, 3.63) is 47.7 Å². The standard InChI is InChI=1S/C19H24N4O2S/c1-3-22-7-9-23(10-8-22)18-17(12-15(13-20-18)19(24)25)21-26-16-6-4-5-14(2)11-16/h4-6,11-13,21H,3,7-10H2,1-2H3,(H,24,25). The van der Waals surface area contributed by atoms with Crippen LogP contribution in [-0.2, 0) is 0 Å². The van der Waals surface area contributed by atoms with Gasteiger partial charge >= 0.3 is 5.97 Å². The van der Waals surface area contributed by atoms with Gasteiger partial charge in [-0.05, 0) is 49.2 Å². The molecule has 138 valence electrons. The van der Waals surface area contributed by atoms with E-state index in [-0.39, 0.29) is 5.56 Å². The number of aromatic nitrogens is 1. The summed E-state index contributed by atoms with van der Waals surface area (Å²) >= 11 is 1.47. The van der Waals surface area contributed by atoms with Crippen molar-refractivity contribution < 1.29 is 9.90 Å². The van der Waals surface area contributed by atoms with Crippen LogP contribution in [0.4, 0.5) is 11.5 Å². The Hall–Kier alpha value is -2.25. The second-order valence-corrected chi connectivity index (χ2v) is 7.22. The van der Waals surface area contributed by atoms with Gasteiger partial charge in [0, 0.05) is 37.3 Å². The van der Waals surface area contributed by atoms with E-state index in [1.165, 1.54) is 23.7 Å². The van der Waals surface area contributed by atoms with E-state index in [0.717, 1.165) is 49.1 Å². The van der Waals surface area contributed by atoms with Crippen molar-refractivity contribution >= 4 is 29.4 Å². The maximum atomic E-state index is 11.3. The van der Waals surface area contributed by atoms with Crippen LogP contribution in [-0.4, -0.2) is 53.7 Å². The summed E-state index contributed by atoms with van der Waals surface area (Å²) in [6.07, 6.45) is 1.44. The maximum absolute atomic E-state index is 11.3. The highest BCUT2D eigenvalue weighted by molar-refractivity contribution is 8.00. The Balaban J connectivity index is 1.81. The summed E-state index contributed by atoms with van der Waals surface area (Å²) < 4.78 is 3.31. The Labute approximate surface area is 158 Å². The summed E-state index contributed by atoms with van der Waals surface area (Å²) in [5.41, 5.74) is 2.11. The van der Waals surface area contributed by atoms with E-state index in [1.54, 1.807) is 6.07 Å². The topological polar surface area (TPSA) is 68.7 Å². The zero-order chi connectivity index (χ0) is 18.5. The summed E-state index contributed by atoms with van der Waals surface area (Å²) in [7, 11) is 0. The van der Waals surface area contributed by atoms with Crippen LogP contribution in [0.15, 0.2) is 41.4 Å². The molecule has 1 aromatic carbocycles. The van der Waals surface area contributed by atoms with Gasteiger partial charge in [-0.25, -0.2) is 9.78 Å². The number of carboxylic acids is 1. The summed E-state index contributed by atoms with van der Waals surface area (Å²) in [6.45, 7) is 9.02. The molecule has 2 aromatic rings. The first kappa shape index (κ1) is 18.5. The predicted molar refractivity (Wildman–Crippen MR) is 106 cm³/mol. The number of benzene rings is 1. The number of aromatic carboxylic acids is 1. The quantitative estimate of drug-likeness (QED) is 0.754. The molecular weight excluding hydrogens is 348 g/mol. The van der Waals surface area contributed by atoms with E-state index in [9.17, 15) is 9.90 Å². The monoisotopic (exact) mass is 372 g/mol. The SMILES string of the molecule is CCN1CCN(c2ncc(C(=O)O)cc2NSc2cccc(C)c2)CC1. The highest BCUT2D eigenvalue weighted by atomic mass is 32.2. The number of carbonyl (C=O) groups is 1. The Morgan fingerprint density at radius 2 is 2.04 bits per heavy atom. The highest BCUT2D eigenvalue weighted by Crippen LogP contribution is 2.30. The molecule has 0 bridgehead atoms. The lowest BCUT2D eigenvalue weighted by Gasteiger charge is -2.35. The van der Waals surface area contributed by atoms with Crippen molar-refractivity contribution in [1.29, 1.82) is 0 Å². The maximum Gasteiger partial charge on any atom is 0.337 e. The lowest BCUT2D eigenvalue weighted by Crippen LogP contribution is -2.46. The van der Waals surface area contributed by atoms with Crippen molar-refractivity contribution in [2.45, 2.75) is 18.7 Å². The fourth-order valence-corrected chi connectivity index (χ4v) is 3.74. The number of aryl methyl sites for hydroxylation is 1. The van der Waals surface area contributed by atoms with Crippen molar-refractivity contribution in [1.82, 2.24) is 9.88 Å². The van der Waals surface area contributed by atoms with Gasteiger partial charge in [0.25, 0.3) is 0 Å². The van der Waals surface area contributed by atoms with E-state index < -0.39 is 5.97 Å². The van der Waals surface area contributed by atoms with Crippen molar-refractivity contribution in [2.75, 3.05) is 42.3 Å². The van der Waals surface area contributed by atoms with E-state index in [4.69, 9.17) is 0 Å². The molecule has 0 radical (unpaired) electrons. The molecule has 2 N–H and O–H groups in total. The summed E-state index contributed by atoms with van der Waals surface area (Å²) in [6, 6.07) is 9.84. The second kappa shape index (κ2) is 8.42. The first-order chi connectivity index (χ1) is 12.6. The van der Waals surface area contributed by atoms with Gasteiger partial charge in [0.05, 0.1) is 11.3 Å². The summed E-state index contributed by atoms with van der Waals surface area (Å²) in [5, 5.41) is 9.30. The molecule has 0 aliphatic carbocycles. The molecule has 3 rings (SSSR count). The number of hydrogen-bond donors (Lipinski definition) is 2. The number of carboxylic acid groups (broad SMARTS) is 1. The Morgan fingerprint density at radius 1 is 1.27 bits per heavy atom. The van der Waals surface area contributed by atoms with Crippen LogP contribution in [0.3, 0.4) is 0 Å². The molecule has 2 heterocycles. The third-order valence-corrected chi connectivity index (χ3v) is 5.31. The van der Waals surface area contributed by atoms with Gasteiger partial charge in [0.15, 0.2) is 5.82 Å². The van der Waals surface area contributed by atoms with Gasteiger partial charge in [0.2, 0.25) is 0 Å². The van der Waals surface area contributed by atoms with E-state index >= 15 is 0 Å². The van der Waals surface area contributed by atoms with Gasteiger partial charge in [0.1, 0.15) is 0 Å².